The topological polar surface area (TPSA) is 60.2 Å². The third kappa shape index (κ3) is 1.66. The molecule has 0 radical (unpaired) electrons. The second-order valence-electron chi connectivity index (χ2n) is 4.60. The van der Waals surface area contributed by atoms with Gasteiger partial charge in [-0.25, -0.2) is 0 Å². The maximum atomic E-state index is 5.36. The molecule has 0 bridgehead atoms. The Hall–Kier alpha value is -0.940. The van der Waals surface area contributed by atoms with Crippen LogP contribution in [-0.2, 0) is 10.2 Å². The molecule has 1 aromatic heterocycles. The lowest BCUT2D eigenvalue weighted by molar-refractivity contribution is 0.0659. The van der Waals surface area contributed by atoms with Crippen LogP contribution in [0.5, 0.6) is 0 Å². The molecule has 1 aliphatic heterocycles. The highest BCUT2D eigenvalue weighted by atomic mass is 16.5. The van der Waals surface area contributed by atoms with Crippen LogP contribution in [0.2, 0.25) is 0 Å². The number of nitrogens with zero attached hydrogens (tertiary/aromatic N) is 2. The van der Waals surface area contributed by atoms with Gasteiger partial charge in [-0.2, -0.15) is 4.98 Å². The van der Waals surface area contributed by atoms with E-state index in [1.807, 2.05) is 0 Å². The summed E-state index contributed by atoms with van der Waals surface area (Å²) in [5.74, 6) is 1.52. The molecule has 15 heavy (non-hydrogen) atoms. The SMILES string of the molecule is CC1(c2noc(C3COCCN3)n2)CC1. The fourth-order valence-corrected chi connectivity index (χ4v) is 1.76. The number of morpholine rings is 1. The van der Waals surface area contributed by atoms with E-state index >= 15 is 0 Å². The van der Waals surface area contributed by atoms with E-state index in [1.54, 1.807) is 0 Å². The van der Waals surface area contributed by atoms with E-state index in [9.17, 15) is 0 Å². The van der Waals surface area contributed by atoms with Gasteiger partial charge in [-0.15, -0.1) is 0 Å². The average Bonchev–Trinajstić information content (AvgIpc) is 2.85. The lowest BCUT2D eigenvalue weighted by Crippen LogP contribution is -2.34. The summed E-state index contributed by atoms with van der Waals surface area (Å²) < 4.78 is 10.6. The second-order valence-corrected chi connectivity index (χ2v) is 4.60. The summed E-state index contributed by atoms with van der Waals surface area (Å²) in [7, 11) is 0. The molecule has 2 aliphatic rings. The number of nitrogens with one attached hydrogen (secondary N) is 1. The van der Waals surface area contributed by atoms with Crippen LogP contribution in [0, 0.1) is 0 Å². The fourth-order valence-electron chi connectivity index (χ4n) is 1.76. The molecule has 82 valence electrons. The van der Waals surface area contributed by atoms with Gasteiger partial charge in [0.2, 0.25) is 5.89 Å². The Balaban J connectivity index is 1.77. The summed E-state index contributed by atoms with van der Waals surface area (Å²) >= 11 is 0. The molecule has 1 aromatic rings. The summed E-state index contributed by atoms with van der Waals surface area (Å²) in [5, 5.41) is 7.34. The largest absolute Gasteiger partial charge is 0.378 e. The number of ether oxygens (including phenoxy) is 1. The van der Waals surface area contributed by atoms with Crippen LogP contribution in [0.4, 0.5) is 0 Å². The van der Waals surface area contributed by atoms with E-state index in [4.69, 9.17) is 9.26 Å². The van der Waals surface area contributed by atoms with E-state index in [-0.39, 0.29) is 11.5 Å². The molecule has 1 N–H and O–H groups in total. The average molecular weight is 209 g/mol. The molecule has 1 unspecified atom stereocenters. The third-order valence-electron chi connectivity index (χ3n) is 3.20. The molecule has 5 heteroatoms. The van der Waals surface area contributed by atoms with Crippen molar-refractivity contribution < 1.29 is 9.26 Å². The van der Waals surface area contributed by atoms with Gasteiger partial charge in [-0.1, -0.05) is 12.1 Å². The predicted octanol–water partition coefficient (Wildman–Crippen LogP) is 0.782. The molecule has 1 aliphatic carbocycles. The van der Waals surface area contributed by atoms with Crippen LogP contribution in [0.25, 0.3) is 0 Å². The first-order chi connectivity index (χ1) is 7.28. The Labute approximate surface area is 88.2 Å². The molecule has 1 saturated heterocycles. The summed E-state index contributed by atoms with van der Waals surface area (Å²) in [6.07, 6.45) is 2.33. The monoisotopic (exact) mass is 209 g/mol. The Bertz CT molecular complexity index is 353. The maximum absolute atomic E-state index is 5.36. The predicted molar refractivity (Wildman–Crippen MR) is 52.4 cm³/mol. The minimum absolute atomic E-state index is 0.0716. The normalized spacial score (nSPS) is 29.0. The molecule has 2 heterocycles. The molecule has 1 atom stereocenters. The van der Waals surface area contributed by atoms with Crippen LogP contribution in [-0.4, -0.2) is 29.9 Å². The van der Waals surface area contributed by atoms with Crippen molar-refractivity contribution in [3.05, 3.63) is 11.7 Å². The van der Waals surface area contributed by atoms with E-state index in [0.717, 1.165) is 19.0 Å². The molecule has 0 amide bonds. The molecule has 5 nitrogen and oxygen atoms in total. The molecule has 1 saturated carbocycles. The van der Waals surface area contributed by atoms with Crippen LogP contribution in [0.3, 0.4) is 0 Å². The lowest BCUT2D eigenvalue weighted by Gasteiger charge is -2.20. The van der Waals surface area contributed by atoms with Gasteiger partial charge in [-0.3, -0.25) is 0 Å². The summed E-state index contributed by atoms with van der Waals surface area (Å²) in [4.78, 5) is 4.45. The maximum Gasteiger partial charge on any atom is 0.246 e. The second kappa shape index (κ2) is 3.28. The zero-order valence-electron chi connectivity index (χ0n) is 8.82. The number of rotatable bonds is 2. The summed E-state index contributed by atoms with van der Waals surface area (Å²) in [6.45, 7) is 4.40. The standard InChI is InChI=1S/C10H15N3O2/c1-10(2-3-10)9-12-8(15-13-9)7-6-14-5-4-11-7/h7,11H,2-6H2,1H3. The van der Waals surface area contributed by atoms with Crippen LogP contribution in [0.15, 0.2) is 4.52 Å². The van der Waals surface area contributed by atoms with E-state index in [2.05, 4.69) is 22.4 Å². The first kappa shape index (κ1) is 9.30. The van der Waals surface area contributed by atoms with Gasteiger partial charge in [0.1, 0.15) is 6.04 Å². The zero-order valence-corrected chi connectivity index (χ0v) is 8.82. The van der Waals surface area contributed by atoms with Crippen molar-refractivity contribution in [3.8, 4) is 0 Å². The molecular weight excluding hydrogens is 194 g/mol. The zero-order chi connectivity index (χ0) is 10.3. The number of hydrogen-bond donors (Lipinski definition) is 1. The van der Waals surface area contributed by atoms with Crippen molar-refractivity contribution in [1.82, 2.24) is 15.5 Å². The quantitative estimate of drug-likeness (QED) is 0.780. The smallest absolute Gasteiger partial charge is 0.246 e. The van der Waals surface area contributed by atoms with Gasteiger partial charge in [0.25, 0.3) is 0 Å². The number of hydrogen-bond acceptors (Lipinski definition) is 5. The first-order valence-corrected chi connectivity index (χ1v) is 5.43. The van der Waals surface area contributed by atoms with Crippen molar-refractivity contribution in [1.29, 1.82) is 0 Å². The lowest BCUT2D eigenvalue weighted by atomic mass is 10.1. The van der Waals surface area contributed by atoms with Gasteiger partial charge in [0.05, 0.1) is 13.2 Å². The Morgan fingerprint density at radius 3 is 3.00 bits per heavy atom. The van der Waals surface area contributed by atoms with Gasteiger partial charge < -0.3 is 14.6 Å². The minimum atomic E-state index is 0.0716. The Kier molecular flexibility index (Phi) is 2.03. The molecule has 3 rings (SSSR count). The van der Waals surface area contributed by atoms with Crippen LogP contribution >= 0.6 is 0 Å². The van der Waals surface area contributed by atoms with Crippen molar-refractivity contribution >= 4 is 0 Å². The van der Waals surface area contributed by atoms with Gasteiger partial charge in [0, 0.05) is 12.0 Å². The van der Waals surface area contributed by atoms with E-state index < -0.39 is 0 Å². The van der Waals surface area contributed by atoms with E-state index in [1.165, 1.54) is 12.8 Å². The first-order valence-electron chi connectivity index (χ1n) is 5.43. The summed E-state index contributed by atoms with van der Waals surface area (Å²) in [5.41, 5.74) is 0.178. The highest BCUT2D eigenvalue weighted by molar-refractivity contribution is 5.14. The van der Waals surface area contributed by atoms with Crippen molar-refractivity contribution in [2.24, 2.45) is 0 Å². The Morgan fingerprint density at radius 2 is 2.33 bits per heavy atom. The summed E-state index contributed by atoms with van der Waals surface area (Å²) in [6, 6.07) is 0.0716. The minimum Gasteiger partial charge on any atom is -0.378 e. The van der Waals surface area contributed by atoms with Crippen molar-refractivity contribution in [3.63, 3.8) is 0 Å². The van der Waals surface area contributed by atoms with E-state index in [0.29, 0.717) is 12.5 Å². The molecule has 2 fully saturated rings. The highest BCUT2D eigenvalue weighted by Crippen LogP contribution is 2.46. The number of aromatic nitrogens is 2. The molecular formula is C10H15N3O2. The molecule has 0 spiro atoms. The molecule has 0 aromatic carbocycles. The Morgan fingerprint density at radius 1 is 1.47 bits per heavy atom. The van der Waals surface area contributed by atoms with Crippen molar-refractivity contribution in [2.45, 2.75) is 31.2 Å². The van der Waals surface area contributed by atoms with Gasteiger partial charge in [-0.05, 0) is 12.8 Å². The van der Waals surface area contributed by atoms with Crippen molar-refractivity contribution in [2.75, 3.05) is 19.8 Å². The van der Waals surface area contributed by atoms with Gasteiger partial charge >= 0.3 is 0 Å². The fraction of sp³-hybridized carbons (Fsp3) is 0.800. The van der Waals surface area contributed by atoms with Crippen LogP contribution < -0.4 is 5.32 Å². The van der Waals surface area contributed by atoms with Crippen LogP contribution in [0.1, 0.15) is 37.5 Å². The van der Waals surface area contributed by atoms with Gasteiger partial charge in [0.15, 0.2) is 5.82 Å². The highest BCUT2D eigenvalue weighted by Gasteiger charge is 2.44. The third-order valence-corrected chi connectivity index (χ3v) is 3.20.